The first-order valence-corrected chi connectivity index (χ1v) is 12.9. The van der Waals surface area contributed by atoms with E-state index in [2.05, 4.69) is 14.7 Å². The summed E-state index contributed by atoms with van der Waals surface area (Å²) in [6.07, 6.45) is 8.00. The largest absolute Gasteiger partial charge is 0.351 e. The van der Waals surface area contributed by atoms with E-state index in [1.165, 1.54) is 32.4 Å². The van der Waals surface area contributed by atoms with E-state index in [0.29, 0.717) is 24.9 Å². The van der Waals surface area contributed by atoms with Crippen molar-refractivity contribution in [1.29, 1.82) is 0 Å². The molecule has 7 nitrogen and oxygen atoms in total. The summed E-state index contributed by atoms with van der Waals surface area (Å²) in [5, 5.41) is 0. The Kier molecular flexibility index (Phi) is 6.67. The Morgan fingerprint density at radius 2 is 1.73 bits per heavy atom. The summed E-state index contributed by atoms with van der Waals surface area (Å²) < 4.78 is 1.80. The van der Waals surface area contributed by atoms with E-state index in [1.54, 1.807) is 4.57 Å². The van der Waals surface area contributed by atoms with E-state index in [4.69, 9.17) is 4.98 Å². The van der Waals surface area contributed by atoms with Crippen LogP contribution in [0, 0.1) is 5.92 Å². The number of anilines is 1. The van der Waals surface area contributed by atoms with Gasteiger partial charge in [0.05, 0.1) is 17.0 Å². The van der Waals surface area contributed by atoms with Crippen LogP contribution in [0.2, 0.25) is 0 Å². The number of fused-ring (bicyclic) bond motifs is 1. The first-order chi connectivity index (χ1) is 16.2. The third-order valence-electron chi connectivity index (χ3n) is 7.90. The van der Waals surface area contributed by atoms with Crippen molar-refractivity contribution in [3.05, 3.63) is 34.6 Å². The highest BCUT2D eigenvalue weighted by atomic mass is 16.2. The maximum absolute atomic E-state index is 13.4. The number of aryl methyl sites for hydroxylation is 1. The summed E-state index contributed by atoms with van der Waals surface area (Å²) in [6.45, 7) is 8.17. The topological polar surface area (TPSA) is 61.7 Å². The number of likely N-dealkylation sites (tertiary alicyclic amines) is 2. The van der Waals surface area contributed by atoms with Gasteiger partial charge < -0.3 is 19.3 Å². The average Bonchev–Trinajstić information content (AvgIpc) is 2.88. The van der Waals surface area contributed by atoms with Gasteiger partial charge in [0.1, 0.15) is 0 Å². The van der Waals surface area contributed by atoms with Crippen molar-refractivity contribution in [2.75, 3.05) is 44.2 Å². The molecule has 1 aromatic heterocycles. The molecule has 5 rings (SSSR count). The van der Waals surface area contributed by atoms with Gasteiger partial charge in [-0.1, -0.05) is 18.6 Å². The Balaban J connectivity index is 1.27. The number of piperidine rings is 3. The molecule has 1 amide bonds. The van der Waals surface area contributed by atoms with E-state index in [9.17, 15) is 9.59 Å². The lowest BCUT2D eigenvalue weighted by Crippen LogP contribution is -2.51. The van der Waals surface area contributed by atoms with Crippen LogP contribution in [-0.2, 0) is 11.3 Å². The second kappa shape index (κ2) is 9.84. The molecule has 4 heterocycles. The lowest BCUT2D eigenvalue weighted by atomic mass is 9.94. The van der Waals surface area contributed by atoms with Crippen molar-refractivity contribution < 1.29 is 4.79 Å². The summed E-state index contributed by atoms with van der Waals surface area (Å²) in [4.78, 5) is 38.2. The molecule has 3 fully saturated rings. The predicted octanol–water partition coefficient (Wildman–Crippen LogP) is 3.11. The molecule has 0 bridgehead atoms. The summed E-state index contributed by atoms with van der Waals surface area (Å²) in [5.74, 6) is 0.721. The number of nitrogens with zero attached hydrogens (tertiary/aromatic N) is 5. The molecular weight excluding hydrogens is 414 g/mol. The maximum atomic E-state index is 13.4. The number of carbonyl (C=O) groups excluding carboxylic acids is 1. The van der Waals surface area contributed by atoms with Gasteiger partial charge in [-0.3, -0.25) is 9.59 Å². The first-order valence-electron chi connectivity index (χ1n) is 12.9. The Morgan fingerprint density at radius 3 is 2.48 bits per heavy atom. The third kappa shape index (κ3) is 4.52. The molecule has 3 saturated heterocycles. The monoisotopic (exact) mass is 451 g/mol. The molecule has 1 aromatic carbocycles. The number of para-hydroxylation sites is 2. The van der Waals surface area contributed by atoms with E-state index in [0.717, 1.165) is 56.4 Å². The highest BCUT2D eigenvalue weighted by Crippen LogP contribution is 2.26. The van der Waals surface area contributed by atoms with E-state index < -0.39 is 0 Å². The van der Waals surface area contributed by atoms with Gasteiger partial charge in [0.15, 0.2) is 5.82 Å². The van der Waals surface area contributed by atoms with Gasteiger partial charge in [0, 0.05) is 38.8 Å². The van der Waals surface area contributed by atoms with Crippen LogP contribution in [0.25, 0.3) is 11.0 Å². The normalized spacial score (nSPS) is 23.2. The zero-order valence-corrected chi connectivity index (χ0v) is 19.9. The standard InChI is InChI=1S/C26H37N5O2/c1-2-31-23-11-5-4-10-22(23)27-24(26(31)33)30-16-8-9-20(19-30)25(32)29-17-12-21(13-18-29)28-14-6-3-7-15-28/h4-5,10-11,20-21H,2-3,6-9,12-19H2,1H3. The summed E-state index contributed by atoms with van der Waals surface area (Å²) >= 11 is 0. The number of carbonyl (C=O) groups is 1. The van der Waals surface area contributed by atoms with Crippen LogP contribution < -0.4 is 10.5 Å². The molecular formula is C26H37N5O2. The molecule has 7 heteroatoms. The summed E-state index contributed by atoms with van der Waals surface area (Å²) in [6, 6.07) is 8.46. The average molecular weight is 452 g/mol. The second-order valence-corrected chi connectivity index (χ2v) is 9.91. The predicted molar refractivity (Wildman–Crippen MR) is 132 cm³/mol. The fourth-order valence-electron chi connectivity index (χ4n) is 6.06. The molecule has 33 heavy (non-hydrogen) atoms. The zero-order valence-electron chi connectivity index (χ0n) is 19.9. The quantitative estimate of drug-likeness (QED) is 0.715. The van der Waals surface area contributed by atoms with Crippen molar-refractivity contribution in [3.63, 3.8) is 0 Å². The van der Waals surface area contributed by atoms with E-state index in [-0.39, 0.29) is 17.4 Å². The minimum atomic E-state index is -0.0494. The number of amides is 1. The van der Waals surface area contributed by atoms with Crippen LogP contribution in [0.4, 0.5) is 5.82 Å². The lowest BCUT2D eigenvalue weighted by molar-refractivity contribution is -0.137. The minimum Gasteiger partial charge on any atom is -0.351 e. The van der Waals surface area contributed by atoms with Gasteiger partial charge in [-0.2, -0.15) is 0 Å². The van der Waals surface area contributed by atoms with Crippen molar-refractivity contribution >= 4 is 22.8 Å². The molecule has 0 saturated carbocycles. The van der Waals surface area contributed by atoms with Gasteiger partial charge in [-0.05, 0) is 70.7 Å². The molecule has 0 radical (unpaired) electrons. The van der Waals surface area contributed by atoms with Crippen LogP contribution in [0.3, 0.4) is 0 Å². The molecule has 0 spiro atoms. The maximum Gasteiger partial charge on any atom is 0.293 e. The fourth-order valence-corrected chi connectivity index (χ4v) is 6.06. The van der Waals surface area contributed by atoms with Crippen LogP contribution in [0.15, 0.2) is 29.1 Å². The Hall–Kier alpha value is -2.41. The Bertz CT molecular complexity index is 1040. The van der Waals surface area contributed by atoms with Crippen LogP contribution in [-0.4, -0.2) is 70.6 Å². The van der Waals surface area contributed by atoms with Gasteiger partial charge in [0.25, 0.3) is 5.56 Å². The zero-order chi connectivity index (χ0) is 22.8. The number of rotatable bonds is 4. The first kappa shape index (κ1) is 22.4. The number of hydrogen-bond donors (Lipinski definition) is 0. The van der Waals surface area contributed by atoms with Crippen molar-refractivity contribution in [3.8, 4) is 0 Å². The van der Waals surface area contributed by atoms with Crippen molar-refractivity contribution in [2.24, 2.45) is 5.92 Å². The van der Waals surface area contributed by atoms with Crippen molar-refractivity contribution in [1.82, 2.24) is 19.4 Å². The van der Waals surface area contributed by atoms with Gasteiger partial charge in [-0.15, -0.1) is 0 Å². The van der Waals surface area contributed by atoms with Crippen molar-refractivity contribution in [2.45, 2.75) is 64.5 Å². The molecule has 1 atom stereocenters. The number of benzene rings is 1. The molecule has 178 valence electrons. The molecule has 3 aliphatic rings. The Labute approximate surface area is 196 Å². The van der Waals surface area contributed by atoms with E-state index >= 15 is 0 Å². The molecule has 2 aromatic rings. The SMILES string of the molecule is CCn1c(=O)c(N2CCCC(C(=O)N3CCC(N4CCCCC4)CC3)C2)nc2ccccc21. The second-order valence-electron chi connectivity index (χ2n) is 9.91. The lowest BCUT2D eigenvalue weighted by Gasteiger charge is -2.42. The smallest absolute Gasteiger partial charge is 0.293 e. The summed E-state index contributed by atoms with van der Waals surface area (Å²) in [5.41, 5.74) is 1.66. The summed E-state index contributed by atoms with van der Waals surface area (Å²) in [7, 11) is 0. The minimum absolute atomic E-state index is 0.0481. The molecule has 0 aliphatic carbocycles. The number of aromatic nitrogens is 2. The van der Waals surface area contributed by atoms with Gasteiger partial charge in [0.2, 0.25) is 5.91 Å². The molecule has 3 aliphatic heterocycles. The molecule has 0 N–H and O–H groups in total. The van der Waals surface area contributed by atoms with Crippen LogP contribution in [0.5, 0.6) is 0 Å². The van der Waals surface area contributed by atoms with E-state index in [1.807, 2.05) is 31.2 Å². The van der Waals surface area contributed by atoms with Gasteiger partial charge >= 0.3 is 0 Å². The van der Waals surface area contributed by atoms with Crippen LogP contribution >= 0.6 is 0 Å². The fraction of sp³-hybridized carbons (Fsp3) is 0.654. The Morgan fingerprint density at radius 1 is 0.970 bits per heavy atom. The number of hydrogen-bond acceptors (Lipinski definition) is 5. The highest BCUT2D eigenvalue weighted by Gasteiger charge is 2.34. The molecule has 1 unspecified atom stereocenters. The third-order valence-corrected chi connectivity index (χ3v) is 7.90. The van der Waals surface area contributed by atoms with Crippen LogP contribution in [0.1, 0.15) is 51.9 Å². The van der Waals surface area contributed by atoms with Gasteiger partial charge in [-0.25, -0.2) is 4.98 Å². The highest BCUT2D eigenvalue weighted by molar-refractivity contribution is 5.80.